The van der Waals surface area contributed by atoms with E-state index in [1.165, 1.54) is 0 Å². The first-order chi connectivity index (χ1) is 16.6. The lowest BCUT2D eigenvalue weighted by atomic mass is 9.78. The second-order valence-corrected chi connectivity index (χ2v) is 12.0. The lowest BCUT2D eigenvalue weighted by Gasteiger charge is -2.30. The number of benzene rings is 2. The molecule has 2 N–H and O–H groups in total. The number of hydrogen-bond acceptors (Lipinski definition) is 6. The van der Waals surface area contributed by atoms with Crippen molar-refractivity contribution in [2.45, 2.75) is 64.2 Å². The molecule has 0 radical (unpaired) electrons. The number of sulfonamides is 1. The molecular formula is C27H35NO7S. The SMILES string of the molecule is CCOCOc1c(C(C)(C)C)cc(/C=C/C(=O)NS(=O)(=O)c2ccc(C(=O)O)cc2)cc1C(C)(C)C. The van der Waals surface area contributed by atoms with Gasteiger partial charge in [0.15, 0.2) is 6.79 Å². The van der Waals surface area contributed by atoms with E-state index in [0.29, 0.717) is 12.2 Å². The number of carbonyl (C=O) groups is 2. The number of carbonyl (C=O) groups excluding carboxylic acids is 1. The molecule has 0 saturated carbocycles. The van der Waals surface area contributed by atoms with E-state index >= 15 is 0 Å². The normalized spacial score (nSPS) is 12.5. The summed E-state index contributed by atoms with van der Waals surface area (Å²) < 4.78 is 38.5. The topological polar surface area (TPSA) is 119 Å². The van der Waals surface area contributed by atoms with Crippen molar-refractivity contribution in [2.75, 3.05) is 13.4 Å². The quantitative estimate of drug-likeness (QED) is 0.277. The highest BCUT2D eigenvalue weighted by molar-refractivity contribution is 7.90. The lowest BCUT2D eigenvalue weighted by molar-refractivity contribution is -0.114. The van der Waals surface area contributed by atoms with Gasteiger partial charge in [-0.15, -0.1) is 0 Å². The molecule has 0 saturated heterocycles. The zero-order valence-electron chi connectivity index (χ0n) is 21.8. The lowest BCUT2D eigenvalue weighted by Crippen LogP contribution is -2.29. The Hall–Kier alpha value is -3.17. The van der Waals surface area contributed by atoms with E-state index < -0.39 is 21.9 Å². The third-order valence-electron chi connectivity index (χ3n) is 5.29. The van der Waals surface area contributed by atoms with Gasteiger partial charge in [0.2, 0.25) is 0 Å². The number of hydrogen-bond donors (Lipinski definition) is 2. The van der Waals surface area contributed by atoms with Crippen molar-refractivity contribution in [3.05, 3.63) is 64.7 Å². The van der Waals surface area contributed by atoms with Gasteiger partial charge < -0.3 is 14.6 Å². The van der Waals surface area contributed by atoms with Gasteiger partial charge in [0.05, 0.1) is 10.5 Å². The third-order valence-corrected chi connectivity index (χ3v) is 6.65. The van der Waals surface area contributed by atoms with Gasteiger partial charge in [-0.05, 0) is 65.8 Å². The Morgan fingerprint density at radius 1 is 0.972 bits per heavy atom. The summed E-state index contributed by atoms with van der Waals surface area (Å²) in [7, 11) is -4.17. The molecule has 0 heterocycles. The number of amides is 1. The molecule has 0 aliphatic carbocycles. The maximum absolute atomic E-state index is 12.5. The van der Waals surface area contributed by atoms with Gasteiger partial charge >= 0.3 is 5.97 Å². The Kier molecular flexibility index (Phi) is 9.09. The summed E-state index contributed by atoms with van der Waals surface area (Å²) in [5.41, 5.74) is 1.96. The van der Waals surface area contributed by atoms with Crippen LogP contribution in [-0.4, -0.2) is 38.8 Å². The number of rotatable bonds is 9. The van der Waals surface area contributed by atoms with Crippen molar-refractivity contribution in [1.29, 1.82) is 0 Å². The van der Waals surface area contributed by atoms with Crippen molar-refractivity contribution in [3.8, 4) is 5.75 Å². The van der Waals surface area contributed by atoms with E-state index in [1.807, 2.05) is 23.8 Å². The van der Waals surface area contributed by atoms with Crippen molar-refractivity contribution >= 4 is 28.0 Å². The summed E-state index contributed by atoms with van der Waals surface area (Å²) in [5.74, 6) is -1.27. The van der Waals surface area contributed by atoms with Gasteiger partial charge in [-0.3, -0.25) is 4.79 Å². The molecule has 36 heavy (non-hydrogen) atoms. The standard InChI is InChI=1S/C27H35NO7S/c1-8-34-17-35-24-21(26(2,3)4)15-18(16-22(24)27(5,6)7)9-14-23(29)28-36(32,33)20-12-10-19(11-13-20)25(30)31/h9-16H,8,17H2,1-7H3,(H,28,29)(H,30,31)/b14-9+. The zero-order chi connectivity index (χ0) is 27.3. The molecule has 2 aromatic rings. The van der Waals surface area contributed by atoms with Gasteiger partial charge in [-0.2, -0.15) is 0 Å². The van der Waals surface area contributed by atoms with Gasteiger partial charge in [0.1, 0.15) is 5.75 Å². The molecule has 9 heteroatoms. The Balaban J connectivity index is 2.38. The van der Waals surface area contributed by atoms with Crippen LogP contribution in [0.3, 0.4) is 0 Å². The van der Waals surface area contributed by atoms with Crippen LogP contribution in [0.2, 0.25) is 0 Å². The third kappa shape index (κ3) is 7.66. The fraction of sp³-hybridized carbons (Fsp3) is 0.407. The summed E-state index contributed by atoms with van der Waals surface area (Å²) in [4.78, 5) is 23.2. The second-order valence-electron chi connectivity index (χ2n) is 10.3. The molecule has 2 rings (SSSR count). The summed E-state index contributed by atoms with van der Waals surface area (Å²) in [6, 6.07) is 8.42. The minimum Gasteiger partial charge on any atom is -0.478 e. The van der Waals surface area contributed by atoms with Crippen LogP contribution in [0.15, 0.2) is 47.4 Å². The number of aromatic carboxylic acids is 1. The Morgan fingerprint density at radius 3 is 1.94 bits per heavy atom. The molecule has 1 amide bonds. The highest BCUT2D eigenvalue weighted by atomic mass is 32.2. The maximum Gasteiger partial charge on any atom is 0.335 e. The summed E-state index contributed by atoms with van der Waals surface area (Å²) in [5, 5.41) is 8.97. The van der Waals surface area contributed by atoms with Gasteiger partial charge in [-0.1, -0.05) is 41.5 Å². The summed E-state index contributed by atoms with van der Waals surface area (Å²) in [6.07, 6.45) is 2.70. The van der Waals surface area contributed by atoms with Crippen LogP contribution in [-0.2, 0) is 30.4 Å². The van der Waals surface area contributed by atoms with Crippen molar-refractivity contribution in [1.82, 2.24) is 4.72 Å². The van der Waals surface area contributed by atoms with Gasteiger partial charge in [0.25, 0.3) is 15.9 Å². The Labute approximate surface area is 213 Å². The fourth-order valence-electron chi connectivity index (χ4n) is 3.37. The van der Waals surface area contributed by atoms with Crippen LogP contribution in [0.4, 0.5) is 0 Å². The van der Waals surface area contributed by atoms with E-state index in [2.05, 4.69) is 41.5 Å². The number of ether oxygens (including phenoxy) is 2. The molecule has 0 aromatic heterocycles. The van der Waals surface area contributed by atoms with Crippen LogP contribution < -0.4 is 9.46 Å². The molecule has 0 atom stereocenters. The molecule has 0 bridgehead atoms. The van der Waals surface area contributed by atoms with Crippen LogP contribution in [0.25, 0.3) is 6.08 Å². The molecule has 2 aromatic carbocycles. The summed E-state index contributed by atoms with van der Waals surface area (Å²) >= 11 is 0. The molecule has 0 aliphatic heterocycles. The van der Waals surface area contributed by atoms with Crippen LogP contribution in [0, 0.1) is 0 Å². The predicted molar refractivity (Wildman–Crippen MR) is 139 cm³/mol. The predicted octanol–water partition coefficient (Wildman–Crippen LogP) is 4.87. The Bertz CT molecular complexity index is 1200. The van der Waals surface area contributed by atoms with E-state index in [0.717, 1.165) is 47.2 Å². The fourth-order valence-corrected chi connectivity index (χ4v) is 4.32. The summed E-state index contributed by atoms with van der Waals surface area (Å²) in [6.45, 7) is 14.9. The molecule has 0 aliphatic rings. The van der Waals surface area contributed by atoms with E-state index in [9.17, 15) is 18.0 Å². The van der Waals surface area contributed by atoms with E-state index in [4.69, 9.17) is 14.6 Å². The minimum absolute atomic E-state index is 0.0573. The number of nitrogens with one attached hydrogen (secondary N) is 1. The average Bonchev–Trinajstić information content (AvgIpc) is 2.76. The first kappa shape index (κ1) is 29.1. The van der Waals surface area contributed by atoms with Crippen LogP contribution in [0.1, 0.15) is 75.5 Å². The Morgan fingerprint density at radius 2 is 1.50 bits per heavy atom. The van der Waals surface area contributed by atoms with Gasteiger partial charge in [-0.25, -0.2) is 17.9 Å². The monoisotopic (exact) mass is 517 g/mol. The van der Waals surface area contributed by atoms with Crippen molar-refractivity contribution in [2.24, 2.45) is 0 Å². The first-order valence-electron chi connectivity index (χ1n) is 11.5. The van der Waals surface area contributed by atoms with Crippen molar-refractivity contribution in [3.63, 3.8) is 0 Å². The highest BCUT2D eigenvalue weighted by Gasteiger charge is 2.28. The molecule has 8 nitrogen and oxygen atoms in total. The maximum atomic E-state index is 12.5. The molecular weight excluding hydrogens is 482 g/mol. The van der Waals surface area contributed by atoms with Gasteiger partial charge in [0, 0.05) is 23.8 Å². The van der Waals surface area contributed by atoms with Crippen molar-refractivity contribution < 1.29 is 32.6 Å². The minimum atomic E-state index is -4.17. The molecule has 196 valence electrons. The molecule has 0 fully saturated rings. The zero-order valence-corrected chi connectivity index (χ0v) is 22.7. The van der Waals surface area contributed by atoms with Crippen LogP contribution in [0.5, 0.6) is 5.75 Å². The van der Waals surface area contributed by atoms with E-state index in [1.54, 1.807) is 6.08 Å². The largest absolute Gasteiger partial charge is 0.478 e. The highest BCUT2D eigenvalue weighted by Crippen LogP contribution is 2.41. The van der Waals surface area contributed by atoms with Crippen LogP contribution >= 0.6 is 0 Å². The number of carboxylic acids is 1. The average molecular weight is 518 g/mol. The first-order valence-corrected chi connectivity index (χ1v) is 13.0. The second kappa shape index (κ2) is 11.3. The van der Waals surface area contributed by atoms with E-state index in [-0.39, 0.29) is 28.1 Å². The molecule has 0 unspecified atom stereocenters. The number of carboxylic acid groups (broad SMARTS) is 1. The smallest absolute Gasteiger partial charge is 0.335 e. The molecule has 0 spiro atoms.